The Hall–Kier alpha value is -1.58. The monoisotopic (exact) mass is 348 g/mol. The summed E-state index contributed by atoms with van der Waals surface area (Å²) in [7, 11) is 0. The Morgan fingerprint density at radius 2 is 1.68 bits per heavy atom. The van der Waals surface area contributed by atoms with Gasteiger partial charge in [0, 0.05) is 6.42 Å². The molecule has 0 aromatic heterocycles. The molecule has 0 fully saturated rings. The number of hydrogen-bond acceptors (Lipinski definition) is 4. The van der Waals surface area contributed by atoms with E-state index in [-0.39, 0.29) is 5.97 Å². The van der Waals surface area contributed by atoms with Crippen molar-refractivity contribution in [1.29, 1.82) is 0 Å². The maximum atomic E-state index is 11.6. The molecule has 0 saturated carbocycles. The van der Waals surface area contributed by atoms with Crippen LogP contribution in [-0.4, -0.2) is 30.5 Å². The highest BCUT2D eigenvalue weighted by atomic mass is 16.7. The van der Waals surface area contributed by atoms with Gasteiger partial charge >= 0.3 is 5.97 Å². The topological polar surface area (TPSA) is 41.9 Å². The molecule has 1 heterocycles. The van der Waals surface area contributed by atoms with E-state index >= 15 is 0 Å². The van der Waals surface area contributed by atoms with Crippen LogP contribution in [0.4, 0.5) is 0 Å². The molecule has 0 saturated heterocycles. The summed E-state index contributed by atoms with van der Waals surface area (Å²) < 4.78 is 0. The lowest BCUT2D eigenvalue weighted by Crippen LogP contribution is -2.24. The molecule has 0 unspecified atom stereocenters. The number of unbranched alkanes of at least 4 members (excludes halogenated alkanes) is 8. The Bertz CT molecular complexity index is 416. The fraction of sp³-hybridized carbons (Fsp3) is 0.714. The SMILES string of the molecule is CCCCC/C=C\C/C=C\CCCCCCCC(=O)ON1C=NCC1. The lowest BCUT2D eigenvalue weighted by molar-refractivity contribution is -0.170. The van der Waals surface area contributed by atoms with Gasteiger partial charge in [0.1, 0.15) is 6.34 Å². The molecule has 1 aliphatic rings. The molecule has 4 nitrogen and oxygen atoms in total. The van der Waals surface area contributed by atoms with E-state index in [0.717, 1.165) is 25.8 Å². The average Bonchev–Trinajstić information content (AvgIpc) is 3.11. The van der Waals surface area contributed by atoms with Crippen molar-refractivity contribution in [1.82, 2.24) is 5.06 Å². The molecule has 0 aliphatic carbocycles. The van der Waals surface area contributed by atoms with Crippen LogP contribution in [0, 0.1) is 0 Å². The van der Waals surface area contributed by atoms with Crippen LogP contribution >= 0.6 is 0 Å². The van der Waals surface area contributed by atoms with E-state index in [1.807, 2.05) is 0 Å². The molecule has 0 aromatic rings. The highest BCUT2D eigenvalue weighted by Crippen LogP contribution is 2.09. The molecule has 0 radical (unpaired) electrons. The summed E-state index contributed by atoms with van der Waals surface area (Å²) in [6.45, 7) is 3.65. The van der Waals surface area contributed by atoms with Crippen LogP contribution in [0.1, 0.15) is 84.0 Å². The first-order valence-corrected chi connectivity index (χ1v) is 10.1. The molecule has 0 spiro atoms. The molecule has 1 aliphatic heterocycles. The number of allylic oxidation sites excluding steroid dienone is 4. The van der Waals surface area contributed by atoms with Crippen molar-refractivity contribution in [3.05, 3.63) is 24.3 Å². The van der Waals surface area contributed by atoms with Gasteiger partial charge in [-0.25, -0.2) is 4.79 Å². The number of rotatable bonds is 15. The smallest absolute Gasteiger partial charge is 0.332 e. The third-order valence-electron chi connectivity index (χ3n) is 4.21. The number of carbonyl (C=O) groups is 1. The standard InChI is InChI=1S/C21H36N2O2/c1-2-3-4-5-6-7-8-9-10-11-12-13-14-15-16-17-21(24)25-23-19-18-22-20-23/h6-7,9-10,20H,2-5,8,11-19H2,1H3/b7-6-,10-9-. The Kier molecular flexibility index (Phi) is 13.7. The fourth-order valence-corrected chi connectivity index (χ4v) is 2.69. The molecular formula is C21H36N2O2. The molecule has 25 heavy (non-hydrogen) atoms. The summed E-state index contributed by atoms with van der Waals surface area (Å²) in [4.78, 5) is 20.8. The Labute approximate surface area is 154 Å². The van der Waals surface area contributed by atoms with Crippen LogP contribution in [0.25, 0.3) is 0 Å². The molecular weight excluding hydrogens is 312 g/mol. The minimum absolute atomic E-state index is 0.140. The number of aliphatic imine (C=N–C) groups is 1. The normalized spacial score (nSPS) is 14.2. The quantitative estimate of drug-likeness (QED) is 0.286. The van der Waals surface area contributed by atoms with E-state index in [1.54, 1.807) is 6.34 Å². The highest BCUT2D eigenvalue weighted by Gasteiger charge is 2.11. The highest BCUT2D eigenvalue weighted by molar-refractivity contribution is 5.70. The molecule has 0 N–H and O–H groups in total. The van der Waals surface area contributed by atoms with Gasteiger partial charge in [-0.15, -0.1) is 0 Å². The van der Waals surface area contributed by atoms with Gasteiger partial charge in [-0.05, 0) is 38.5 Å². The van der Waals surface area contributed by atoms with Crippen molar-refractivity contribution in [3.63, 3.8) is 0 Å². The van der Waals surface area contributed by atoms with Crippen molar-refractivity contribution in [2.45, 2.75) is 84.0 Å². The third-order valence-corrected chi connectivity index (χ3v) is 4.21. The first-order chi connectivity index (χ1) is 12.3. The maximum absolute atomic E-state index is 11.6. The molecule has 0 aromatic carbocycles. The van der Waals surface area contributed by atoms with E-state index in [2.05, 4.69) is 36.2 Å². The van der Waals surface area contributed by atoms with Crippen molar-refractivity contribution in [2.75, 3.05) is 13.1 Å². The minimum atomic E-state index is -0.140. The van der Waals surface area contributed by atoms with Gasteiger partial charge < -0.3 is 4.84 Å². The first-order valence-electron chi connectivity index (χ1n) is 10.1. The number of carbonyl (C=O) groups excluding carboxylic acids is 1. The zero-order valence-corrected chi connectivity index (χ0v) is 16.0. The van der Waals surface area contributed by atoms with Crippen molar-refractivity contribution in [3.8, 4) is 0 Å². The summed E-state index contributed by atoms with van der Waals surface area (Å²) >= 11 is 0. The Balaban J connectivity index is 1.81. The summed E-state index contributed by atoms with van der Waals surface area (Å²) in [6.07, 6.45) is 24.4. The fourth-order valence-electron chi connectivity index (χ4n) is 2.69. The maximum Gasteiger partial charge on any atom is 0.332 e. The first kappa shape index (κ1) is 21.5. The van der Waals surface area contributed by atoms with E-state index in [9.17, 15) is 4.79 Å². The van der Waals surface area contributed by atoms with Gasteiger partial charge in [0.05, 0.1) is 13.1 Å². The molecule has 0 amide bonds. The van der Waals surface area contributed by atoms with Crippen LogP contribution in [0.15, 0.2) is 29.3 Å². The van der Waals surface area contributed by atoms with Crippen LogP contribution in [0.3, 0.4) is 0 Å². The van der Waals surface area contributed by atoms with Crippen LogP contribution < -0.4 is 0 Å². The number of hydrogen-bond donors (Lipinski definition) is 0. The summed E-state index contributed by atoms with van der Waals surface area (Å²) in [5, 5.41) is 1.52. The van der Waals surface area contributed by atoms with Gasteiger partial charge in [-0.1, -0.05) is 63.3 Å². The average molecular weight is 349 g/mol. The third kappa shape index (κ3) is 13.4. The minimum Gasteiger partial charge on any atom is -0.340 e. The van der Waals surface area contributed by atoms with Gasteiger partial charge in [0.25, 0.3) is 0 Å². The summed E-state index contributed by atoms with van der Waals surface area (Å²) in [5.41, 5.74) is 0. The second kappa shape index (κ2) is 15.9. The molecule has 0 atom stereocenters. The lowest BCUT2D eigenvalue weighted by atomic mass is 10.1. The zero-order valence-electron chi connectivity index (χ0n) is 16.0. The van der Waals surface area contributed by atoms with Crippen molar-refractivity contribution < 1.29 is 9.63 Å². The second-order valence-electron chi connectivity index (χ2n) is 6.61. The van der Waals surface area contributed by atoms with Gasteiger partial charge in [0.15, 0.2) is 0 Å². The number of hydroxylamine groups is 2. The van der Waals surface area contributed by atoms with E-state index in [4.69, 9.17) is 4.84 Å². The predicted molar refractivity (Wildman–Crippen MR) is 106 cm³/mol. The largest absolute Gasteiger partial charge is 0.340 e. The van der Waals surface area contributed by atoms with Gasteiger partial charge in [-0.3, -0.25) is 4.99 Å². The predicted octanol–water partition coefficient (Wildman–Crippen LogP) is 5.60. The zero-order chi connectivity index (χ0) is 18.0. The molecule has 4 heteroatoms. The van der Waals surface area contributed by atoms with Crippen LogP contribution in [0.2, 0.25) is 0 Å². The van der Waals surface area contributed by atoms with Crippen LogP contribution in [-0.2, 0) is 9.63 Å². The van der Waals surface area contributed by atoms with E-state index < -0.39 is 0 Å². The second-order valence-corrected chi connectivity index (χ2v) is 6.61. The number of nitrogens with zero attached hydrogens (tertiary/aromatic N) is 2. The van der Waals surface area contributed by atoms with E-state index in [1.165, 1.54) is 56.4 Å². The van der Waals surface area contributed by atoms with Crippen LogP contribution in [0.5, 0.6) is 0 Å². The van der Waals surface area contributed by atoms with Crippen molar-refractivity contribution >= 4 is 12.3 Å². The lowest BCUT2D eigenvalue weighted by Gasteiger charge is -2.12. The molecule has 0 bridgehead atoms. The summed E-state index contributed by atoms with van der Waals surface area (Å²) in [6, 6.07) is 0. The van der Waals surface area contributed by atoms with Gasteiger partial charge in [0.2, 0.25) is 0 Å². The van der Waals surface area contributed by atoms with E-state index in [0.29, 0.717) is 13.0 Å². The Morgan fingerprint density at radius 1 is 1.00 bits per heavy atom. The molecule has 1 rings (SSSR count). The summed E-state index contributed by atoms with van der Waals surface area (Å²) in [5.74, 6) is -0.140. The Morgan fingerprint density at radius 3 is 2.36 bits per heavy atom. The van der Waals surface area contributed by atoms with Gasteiger partial charge in [-0.2, -0.15) is 5.06 Å². The molecule has 142 valence electrons. The van der Waals surface area contributed by atoms with Crippen molar-refractivity contribution in [2.24, 2.45) is 4.99 Å².